The predicted octanol–water partition coefficient (Wildman–Crippen LogP) is 1.97. The molecular formula is C17H13BrN2O5. The van der Waals surface area contributed by atoms with Crippen molar-refractivity contribution >= 4 is 33.3 Å². The van der Waals surface area contributed by atoms with Crippen LogP contribution in [0.25, 0.3) is 5.57 Å². The van der Waals surface area contributed by atoms with Crippen molar-refractivity contribution in [3.8, 4) is 17.2 Å². The number of amides is 2. The van der Waals surface area contributed by atoms with Gasteiger partial charge in [0.2, 0.25) is 0 Å². The number of imide groups is 1. The number of hydrogen-bond donors (Lipinski definition) is 5. The van der Waals surface area contributed by atoms with Crippen LogP contribution in [0, 0.1) is 0 Å². The van der Waals surface area contributed by atoms with E-state index >= 15 is 0 Å². The minimum Gasteiger partial charge on any atom is -0.504 e. The predicted molar refractivity (Wildman–Crippen MR) is 92.9 cm³/mol. The summed E-state index contributed by atoms with van der Waals surface area (Å²) < 4.78 is 0.730. The molecule has 0 bridgehead atoms. The van der Waals surface area contributed by atoms with E-state index in [2.05, 4.69) is 26.6 Å². The van der Waals surface area contributed by atoms with E-state index in [1.807, 2.05) is 0 Å². The lowest BCUT2D eigenvalue weighted by Gasteiger charge is -2.18. The fraction of sp³-hybridized carbons (Fsp3) is 0.0588. The average molecular weight is 405 g/mol. The Morgan fingerprint density at radius 1 is 1.00 bits per heavy atom. The van der Waals surface area contributed by atoms with Gasteiger partial charge in [-0.15, -0.1) is 0 Å². The Morgan fingerprint density at radius 2 is 1.68 bits per heavy atom. The molecule has 0 unspecified atom stereocenters. The third-order valence-corrected chi connectivity index (χ3v) is 4.16. The number of rotatable bonds is 3. The fourth-order valence-corrected chi connectivity index (χ4v) is 2.84. The van der Waals surface area contributed by atoms with Crippen molar-refractivity contribution in [1.82, 2.24) is 10.6 Å². The molecule has 2 amide bonds. The zero-order chi connectivity index (χ0) is 18.1. The third kappa shape index (κ3) is 3.29. The smallest absolute Gasteiger partial charge is 0.260 e. The molecule has 8 heteroatoms. The second kappa shape index (κ2) is 6.48. The number of carbonyl (C=O) groups is 2. The molecular weight excluding hydrogens is 392 g/mol. The molecule has 0 atom stereocenters. The van der Waals surface area contributed by atoms with Gasteiger partial charge in [-0.2, -0.15) is 0 Å². The molecule has 5 N–H and O–H groups in total. The first-order valence-corrected chi connectivity index (χ1v) is 7.99. The topological polar surface area (TPSA) is 119 Å². The number of benzene rings is 2. The van der Waals surface area contributed by atoms with Gasteiger partial charge in [0.1, 0.15) is 0 Å². The van der Waals surface area contributed by atoms with E-state index in [0.29, 0.717) is 16.7 Å². The Morgan fingerprint density at radius 3 is 2.36 bits per heavy atom. The van der Waals surface area contributed by atoms with Gasteiger partial charge >= 0.3 is 0 Å². The van der Waals surface area contributed by atoms with Crippen molar-refractivity contribution in [2.75, 3.05) is 0 Å². The van der Waals surface area contributed by atoms with Gasteiger partial charge in [0.05, 0.1) is 5.57 Å². The Hall–Kier alpha value is -3.00. The van der Waals surface area contributed by atoms with Crippen molar-refractivity contribution < 1.29 is 24.9 Å². The molecule has 7 nitrogen and oxygen atoms in total. The summed E-state index contributed by atoms with van der Waals surface area (Å²) in [6.07, 6.45) is 1.45. The molecule has 128 valence electrons. The lowest BCUT2D eigenvalue weighted by Crippen LogP contribution is -2.37. The van der Waals surface area contributed by atoms with Gasteiger partial charge in [0.25, 0.3) is 11.8 Å². The Kier molecular flexibility index (Phi) is 4.37. The number of fused-ring (bicyclic) bond motifs is 1. The van der Waals surface area contributed by atoms with E-state index in [4.69, 9.17) is 0 Å². The van der Waals surface area contributed by atoms with Crippen molar-refractivity contribution in [2.24, 2.45) is 0 Å². The van der Waals surface area contributed by atoms with Crippen LogP contribution in [0.1, 0.15) is 21.5 Å². The Bertz CT molecular complexity index is 900. The largest absolute Gasteiger partial charge is 0.504 e. The normalized spacial score (nSPS) is 15.0. The number of hydrogen-bond acceptors (Lipinski definition) is 6. The highest BCUT2D eigenvalue weighted by Gasteiger charge is 2.27. The molecule has 1 aliphatic heterocycles. The quantitative estimate of drug-likeness (QED) is 0.303. The minimum atomic E-state index is -0.592. The second-order valence-electron chi connectivity index (χ2n) is 5.39. The second-order valence-corrected chi connectivity index (χ2v) is 6.31. The summed E-state index contributed by atoms with van der Waals surface area (Å²) in [7, 11) is 0. The lowest BCUT2D eigenvalue weighted by molar-refractivity contribution is -0.114. The highest BCUT2D eigenvalue weighted by atomic mass is 79.9. The first-order chi connectivity index (χ1) is 11.9. The van der Waals surface area contributed by atoms with Crippen LogP contribution in [-0.4, -0.2) is 27.1 Å². The van der Waals surface area contributed by atoms with Crippen LogP contribution in [0.15, 0.2) is 41.0 Å². The molecule has 1 aliphatic rings. The van der Waals surface area contributed by atoms with E-state index in [1.165, 1.54) is 18.3 Å². The van der Waals surface area contributed by atoms with Gasteiger partial charge in [-0.3, -0.25) is 14.9 Å². The first-order valence-electron chi connectivity index (χ1n) is 7.20. The Labute approximate surface area is 150 Å². The molecule has 0 aliphatic carbocycles. The first kappa shape index (κ1) is 16.8. The summed E-state index contributed by atoms with van der Waals surface area (Å²) in [6.45, 7) is 0.176. The lowest BCUT2D eigenvalue weighted by atomic mass is 9.95. The zero-order valence-electron chi connectivity index (χ0n) is 12.7. The van der Waals surface area contributed by atoms with Crippen molar-refractivity contribution in [3.63, 3.8) is 0 Å². The van der Waals surface area contributed by atoms with Gasteiger partial charge in [0, 0.05) is 28.3 Å². The molecule has 2 aromatic rings. The number of aromatic hydroxyl groups is 3. The van der Waals surface area contributed by atoms with Gasteiger partial charge in [-0.05, 0) is 35.9 Å². The van der Waals surface area contributed by atoms with Gasteiger partial charge < -0.3 is 20.6 Å². The summed E-state index contributed by atoms with van der Waals surface area (Å²) >= 11 is 3.32. The number of halogens is 1. The maximum absolute atomic E-state index is 12.1. The van der Waals surface area contributed by atoms with Crippen LogP contribution in [0.2, 0.25) is 0 Å². The van der Waals surface area contributed by atoms with Crippen LogP contribution in [0.5, 0.6) is 17.2 Å². The molecule has 0 saturated heterocycles. The van der Waals surface area contributed by atoms with Crippen molar-refractivity contribution in [1.29, 1.82) is 0 Å². The third-order valence-electron chi connectivity index (χ3n) is 3.67. The van der Waals surface area contributed by atoms with Crippen molar-refractivity contribution in [2.45, 2.75) is 6.54 Å². The number of phenolic OH excluding ortho intramolecular Hbond substituents is 3. The number of nitrogens with one attached hydrogen (secondary N) is 2. The molecule has 0 radical (unpaired) electrons. The maximum atomic E-state index is 12.1. The molecule has 0 aromatic heterocycles. The summed E-state index contributed by atoms with van der Waals surface area (Å²) in [4.78, 5) is 24.0. The van der Waals surface area contributed by atoms with E-state index < -0.39 is 29.1 Å². The standard InChI is InChI=1S/C17H13BrN2O5/c18-9-1-2-10-11(5-9)12(17(25)20-16(10)24)7-19-6-8-3-13(21)15(23)14(22)4-8/h1-5,7,19,21-23H,6H2,(H,20,24,25)/b12-7-. The average Bonchev–Trinajstić information content (AvgIpc) is 2.55. The molecule has 0 saturated carbocycles. The molecule has 1 heterocycles. The number of carbonyl (C=O) groups excluding carboxylic acids is 2. The molecule has 2 aromatic carbocycles. The molecule has 0 spiro atoms. The van der Waals surface area contributed by atoms with Crippen LogP contribution in [-0.2, 0) is 11.3 Å². The van der Waals surface area contributed by atoms with Crippen LogP contribution >= 0.6 is 15.9 Å². The van der Waals surface area contributed by atoms with E-state index in [1.54, 1.807) is 18.2 Å². The molecule has 25 heavy (non-hydrogen) atoms. The Balaban J connectivity index is 1.87. The maximum Gasteiger partial charge on any atom is 0.260 e. The fourth-order valence-electron chi connectivity index (χ4n) is 2.47. The van der Waals surface area contributed by atoms with Crippen LogP contribution in [0.3, 0.4) is 0 Å². The summed E-state index contributed by atoms with van der Waals surface area (Å²) in [6, 6.07) is 7.58. The van der Waals surface area contributed by atoms with Crippen LogP contribution < -0.4 is 10.6 Å². The monoisotopic (exact) mass is 404 g/mol. The minimum absolute atomic E-state index is 0.176. The highest BCUT2D eigenvalue weighted by molar-refractivity contribution is 9.10. The van der Waals surface area contributed by atoms with E-state index in [0.717, 1.165) is 4.47 Å². The van der Waals surface area contributed by atoms with E-state index in [9.17, 15) is 24.9 Å². The van der Waals surface area contributed by atoms with Gasteiger partial charge in [-0.1, -0.05) is 15.9 Å². The number of phenols is 3. The van der Waals surface area contributed by atoms with Crippen molar-refractivity contribution in [3.05, 3.63) is 57.7 Å². The highest BCUT2D eigenvalue weighted by Crippen LogP contribution is 2.35. The molecule has 0 fully saturated rings. The van der Waals surface area contributed by atoms with E-state index in [-0.39, 0.29) is 12.1 Å². The van der Waals surface area contributed by atoms with Gasteiger partial charge in [0.15, 0.2) is 17.2 Å². The summed E-state index contributed by atoms with van der Waals surface area (Å²) in [5, 5.41) is 33.5. The zero-order valence-corrected chi connectivity index (χ0v) is 14.3. The summed E-state index contributed by atoms with van der Waals surface area (Å²) in [5.74, 6) is -2.47. The SMILES string of the molecule is O=C1NC(=O)c2ccc(Br)cc2/C1=C/NCc1cc(O)c(O)c(O)c1. The molecule has 3 rings (SSSR count). The van der Waals surface area contributed by atoms with Gasteiger partial charge in [-0.25, -0.2) is 0 Å². The van der Waals surface area contributed by atoms with Crippen LogP contribution in [0.4, 0.5) is 0 Å². The summed E-state index contributed by atoms with van der Waals surface area (Å²) in [5.41, 5.74) is 1.65.